The molecule has 0 aliphatic rings. The number of esters is 1. The van der Waals surface area contributed by atoms with Gasteiger partial charge in [0.15, 0.2) is 6.10 Å². The summed E-state index contributed by atoms with van der Waals surface area (Å²) < 4.78 is 10.5. The van der Waals surface area contributed by atoms with Crippen LogP contribution >= 0.6 is 0 Å². The number of aryl methyl sites for hydroxylation is 1. The maximum absolute atomic E-state index is 12.3. The summed E-state index contributed by atoms with van der Waals surface area (Å²) in [5.41, 5.74) is 1.94. The molecule has 0 aliphatic heterocycles. The van der Waals surface area contributed by atoms with Gasteiger partial charge in [-0.25, -0.2) is 4.79 Å². The zero-order valence-corrected chi connectivity index (χ0v) is 17.0. The summed E-state index contributed by atoms with van der Waals surface area (Å²) in [6.45, 7) is 7.29. The third-order valence-corrected chi connectivity index (χ3v) is 4.08. The third kappa shape index (κ3) is 6.64. The lowest BCUT2D eigenvalue weighted by Gasteiger charge is -2.18. The second kappa shape index (κ2) is 10.3. The lowest BCUT2D eigenvalue weighted by atomic mass is 10.1. The molecule has 0 saturated carbocycles. The van der Waals surface area contributed by atoms with E-state index in [2.05, 4.69) is 10.6 Å². The van der Waals surface area contributed by atoms with Crippen LogP contribution < -0.4 is 15.4 Å². The smallest absolute Gasteiger partial charge is 0.329 e. The molecule has 2 amide bonds. The lowest BCUT2D eigenvalue weighted by molar-refractivity contribution is -0.154. The highest BCUT2D eigenvalue weighted by atomic mass is 16.5. The zero-order chi connectivity index (χ0) is 21.4. The predicted molar refractivity (Wildman–Crippen MR) is 110 cm³/mol. The molecular weight excluding hydrogens is 372 g/mol. The highest BCUT2D eigenvalue weighted by molar-refractivity contribution is 5.98. The summed E-state index contributed by atoms with van der Waals surface area (Å²) in [6, 6.07) is 13.0. The van der Waals surface area contributed by atoms with Crippen LogP contribution in [0, 0.1) is 6.92 Å². The number of hydrogen-bond donors (Lipinski definition) is 2. The average molecular weight is 398 g/mol. The molecule has 7 nitrogen and oxygen atoms in total. The number of carbonyl (C=O) groups excluding carboxylic acids is 3. The Kier molecular flexibility index (Phi) is 7.77. The molecule has 0 fully saturated rings. The lowest BCUT2D eigenvalue weighted by Crippen LogP contribution is -2.42. The highest BCUT2D eigenvalue weighted by Gasteiger charge is 2.23. The Hall–Kier alpha value is -3.35. The Bertz CT molecular complexity index is 864. The Morgan fingerprint density at radius 3 is 2.34 bits per heavy atom. The summed E-state index contributed by atoms with van der Waals surface area (Å²) in [7, 11) is 0. The SMILES string of the molecule is CCOc1ccc(NC(=O)[C@H](C)OC(=O)[C@H](C)NC(=O)c2cccc(C)c2)cc1. The van der Waals surface area contributed by atoms with E-state index < -0.39 is 24.0 Å². The van der Waals surface area contributed by atoms with E-state index in [1.165, 1.54) is 13.8 Å². The Morgan fingerprint density at radius 1 is 1.03 bits per heavy atom. The molecule has 0 radical (unpaired) electrons. The molecule has 2 aromatic rings. The van der Waals surface area contributed by atoms with Crippen LogP contribution in [0.5, 0.6) is 5.75 Å². The Morgan fingerprint density at radius 2 is 1.72 bits per heavy atom. The van der Waals surface area contributed by atoms with Gasteiger partial charge in [0.2, 0.25) is 0 Å². The zero-order valence-electron chi connectivity index (χ0n) is 17.0. The maximum atomic E-state index is 12.3. The van der Waals surface area contributed by atoms with Crippen molar-refractivity contribution in [3.63, 3.8) is 0 Å². The average Bonchev–Trinajstić information content (AvgIpc) is 2.69. The molecule has 7 heteroatoms. The van der Waals surface area contributed by atoms with Crippen LogP contribution in [-0.2, 0) is 14.3 Å². The Balaban J connectivity index is 1.86. The number of rotatable bonds is 8. The van der Waals surface area contributed by atoms with Crippen LogP contribution in [0.1, 0.15) is 36.7 Å². The molecule has 0 aromatic heterocycles. The van der Waals surface area contributed by atoms with Gasteiger partial charge >= 0.3 is 5.97 Å². The van der Waals surface area contributed by atoms with Crippen molar-refractivity contribution >= 4 is 23.5 Å². The first-order valence-electron chi connectivity index (χ1n) is 9.42. The molecule has 0 saturated heterocycles. The topological polar surface area (TPSA) is 93.7 Å². The minimum atomic E-state index is -1.02. The fourth-order valence-electron chi connectivity index (χ4n) is 2.50. The molecule has 29 heavy (non-hydrogen) atoms. The minimum Gasteiger partial charge on any atom is -0.494 e. The minimum absolute atomic E-state index is 0.385. The summed E-state index contributed by atoms with van der Waals surface area (Å²) >= 11 is 0. The van der Waals surface area contributed by atoms with Crippen LogP contribution in [0.4, 0.5) is 5.69 Å². The van der Waals surface area contributed by atoms with E-state index in [4.69, 9.17) is 9.47 Å². The van der Waals surface area contributed by atoms with E-state index in [0.29, 0.717) is 23.6 Å². The fraction of sp³-hybridized carbons (Fsp3) is 0.318. The van der Waals surface area contributed by atoms with Crippen molar-refractivity contribution in [3.8, 4) is 5.75 Å². The maximum Gasteiger partial charge on any atom is 0.329 e. The summed E-state index contributed by atoms with van der Waals surface area (Å²) in [5, 5.41) is 5.25. The standard InChI is InChI=1S/C22H26N2O5/c1-5-28-19-11-9-18(10-12-19)24-20(25)16(4)29-22(27)15(3)23-21(26)17-8-6-7-14(2)13-17/h6-13,15-16H,5H2,1-4H3,(H,23,26)(H,24,25)/t15-,16-/m0/s1. The number of amides is 2. The molecule has 2 aromatic carbocycles. The number of nitrogens with one attached hydrogen (secondary N) is 2. The van der Waals surface area contributed by atoms with Gasteiger partial charge in [-0.1, -0.05) is 17.7 Å². The van der Waals surface area contributed by atoms with Crippen molar-refractivity contribution in [2.45, 2.75) is 39.8 Å². The van der Waals surface area contributed by atoms with Crippen molar-refractivity contribution in [1.82, 2.24) is 5.32 Å². The van der Waals surface area contributed by atoms with Crippen LogP contribution in [0.2, 0.25) is 0 Å². The van der Waals surface area contributed by atoms with E-state index in [1.807, 2.05) is 19.9 Å². The normalized spacial score (nSPS) is 12.4. The van der Waals surface area contributed by atoms with E-state index in [9.17, 15) is 14.4 Å². The van der Waals surface area contributed by atoms with Gasteiger partial charge in [0.1, 0.15) is 11.8 Å². The van der Waals surface area contributed by atoms with Gasteiger partial charge in [-0.05, 0) is 64.1 Å². The molecule has 2 rings (SSSR count). The third-order valence-electron chi connectivity index (χ3n) is 4.08. The van der Waals surface area contributed by atoms with E-state index in [-0.39, 0.29) is 5.91 Å². The first-order valence-corrected chi connectivity index (χ1v) is 9.42. The Labute approximate surface area is 170 Å². The van der Waals surface area contributed by atoms with Crippen LogP contribution in [0.25, 0.3) is 0 Å². The number of benzene rings is 2. The van der Waals surface area contributed by atoms with Crippen molar-refractivity contribution in [2.75, 3.05) is 11.9 Å². The number of ether oxygens (including phenoxy) is 2. The summed E-state index contributed by atoms with van der Waals surface area (Å²) in [6.07, 6.45) is -1.02. The molecule has 0 aliphatic carbocycles. The molecule has 0 bridgehead atoms. The summed E-state index contributed by atoms with van der Waals surface area (Å²) in [5.74, 6) is -0.854. The van der Waals surface area contributed by atoms with E-state index >= 15 is 0 Å². The quantitative estimate of drug-likeness (QED) is 0.667. The van der Waals surface area contributed by atoms with E-state index in [0.717, 1.165) is 5.56 Å². The van der Waals surface area contributed by atoms with Gasteiger partial charge in [0, 0.05) is 11.3 Å². The van der Waals surface area contributed by atoms with Crippen LogP contribution in [0.15, 0.2) is 48.5 Å². The fourth-order valence-corrected chi connectivity index (χ4v) is 2.50. The van der Waals surface area contributed by atoms with Crippen LogP contribution in [0.3, 0.4) is 0 Å². The molecule has 2 atom stereocenters. The van der Waals surface area contributed by atoms with Gasteiger partial charge < -0.3 is 20.1 Å². The molecule has 2 N–H and O–H groups in total. The second-order valence-corrected chi connectivity index (χ2v) is 6.59. The monoisotopic (exact) mass is 398 g/mol. The predicted octanol–water partition coefficient (Wildman–Crippen LogP) is 3.08. The molecule has 0 heterocycles. The molecule has 0 spiro atoms. The number of carbonyl (C=O) groups is 3. The van der Waals surface area contributed by atoms with Gasteiger partial charge in [-0.2, -0.15) is 0 Å². The van der Waals surface area contributed by atoms with Crippen molar-refractivity contribution in [2.24, 2.45) is 0 Å². The van der Waals surface area contributed by atoms with Crippen molar-refractivity contribution in [3.05, 3.63) is 59.7 Å². The van der Waals surface area contributed by atoms with E-state index in [1.54, 1.807) is 42.5 Å². The van der Waals surface area contributed by atoms with Crippen molar-refractivity contribution < 1.29 is 23.9 Å². The van der Waals surface area contributed by atoms with Gasteiger partial charge in [-0.15, -0.1) is 0 Å². The highest BCUT2D eigenvalue weighted by Crippen LogP contribution is 2.16. The first-order chi connectivity index (χ1) is 13.8. The van der Waals surface area contributed by atoms with Crippen molar-refractivity contribution in [1.29, 1.82) is 0 Å². The number of hydrogen-bond acceptors (Lipinski definition) is 5. The van der Waals surface area contributed by atoms with Crippen LogP contribution in [-0.4, -0.2) is 36.5 Å². The largest absolute Gasteiger partial charge is 0.494 e. The molecular formula is C22H26N2O5. The van der Waals surface area contributed by atoms with Gasteiger partial charge in [0.25, 0.3) is 11.8 Å². The summed E-state index contributed by atoms with van der Waals surface area (Å²) in [4.78, 5) is 36.7. The first kappa shape index (κ1) is 21.9. The molecule has 154 valence electrons. The molecule has 0 unspecified atom stereocenters. The van der Waals surface area contributed by atoms with Gasteiger partial charge in [-0.3, -0.25) is 9.59 Å². The van der Waals surface area contributed by atoms with Gasteiger partial charge in [0.05, 0.1) is 6.61 Å². The number of anilines is 1. The second-order valence-electron chi connectivity index (χ2n) is 6.59.